The second kappa shape index (κ2) is 6.77. The summed E-state index contributed by atoms with van der Waals surface area (Å²) in [6.07, 6.45) is 3.52. The van der Waals surface area contributed by atoms with E-state index in [0.717, 1.165) is 10.5 Å². The molecule has 0 radical (unpaired) electrons. The van der Waals surface area contributed by atoms with Crippen molar-refractivity contribution < 1.29 is 9.32 Å². The van der Waals surface area contributed by atoms with Crippen molar-refractivity contribution in [2.75, 3.05) is 11.6 Å². The van der Waals surface area contributed by atoms with Crippen molar-refractivity contribution in [3.8, 4) is 6.07 Å². The van der Waals surface area contributed by atoms with Crippen molar-refractivity contribution in [3.05, 3.63) is 47.2 Å². The number of hydrogen-bond acceptors (Lipinski definition) is 5. The number of carbonyl (C=O) groups is 1. The molecule has 0 saturated carbocycles. The van der Waals surface area contributed by atoms with E-state index in [9.17, 15) is 4.79 Å². The summed E-state index contributed by atoms with van der Waals surface area (Å²) in [6, 6.07) is 11.1. The van der Waals surface area contributed by atoms with E-state index >= 15 is 0 Å². The summed E-state index contributed by atoms with van der Waals surface area (Å²) in [4.78, 5) is 13.1. The number of aryl methyl sites for hydroxylation is 1. The van der Waals surface area contributed by atoms with Gasteiger partial charge in [0.15, 0.2) is 5.82 Å². The zero-order valence-corrected chi connectivity index (χ0v) is 12.4. The predicted molar refractivity (Wildman–Crippen MR) is 81.7 cm³/mol. The SMILES string of the molecule is CSc1ccc(/C=C(/C#N)C(=O)Nc2cc(C)on2)cc1. The number of nitrogens with one attached hydrogen (secondary N) is 1. The molecule has 0 unspecified atom stereocenters. The first-order valence-electron chi connectivity index (χ1n) is 6.13. The highest BCUT2D eigenvalue weighted by atomic mass is 32.2. The third kappa shape index (κ3) is 3.97. The van der Waals surface area contributed by atoms with Crippen molar-refractivity contribution in [1.29, 1.82) is 5.26 Å². The van der Waals surface area contributed by atoms with Crippen LogP contribution in [-0.2, 0) is 4.79 Å². The number of benzene rings is 1. The van der Waals surface area contributed by atoms with E-state index in [1.165, 1.54) is 6.08 Å². The van der Waals surface area contributed by atoms with Crippen LogP contribution in [0.25, 0.3) is 6.08 Å². The molecule has 5 nitrogen and oxygen atoms in total. The molecule has 0 atom stereocenters. The number of nitriles is 1. The third-order valence-electron chi connectivity index (χ3n) is 2.66. The molecule has 0 fully saturated rings. The predicted octanol–water partition coefficient (Wildman–Crippen LogP) is 3.25. The van der Waals surface area contributed by atoms with Gasteiger partial charge in [-0.3, -0.25) is 4.79 Å². The van der Waals surface area contributed by atoms with Gasteiger partial charge in [-0.05, 0) is 37.0 Å². The fourth-order valence-electron chi connectivity index (χ4n) is 1.62. The Morgan fingerprint density at radius 2 is 2.14 bits per heavy atom. The molecule has 21 heavy (non-hydrogen) atoms. The number of thioether (sulfide) groups is 1. The molecule has 1 aromatic carbocycles. The fourth-order valence-corrected chi connectivity index (χ4v) is 2.03. The van der Waals surface area contributed by atoms with Crippen LogP contribution in [0.5, 0.6) is 0 Å². The third-order valence-corrected chi connectivity index (χ3v) is 3.41. The summed E-state index contributed by atoms with van der Waals surface area (Å²) in [5.41, 5.74) is 0.795. The van der Waals surface area contributed by atoms with Crippen LogP contribution >= 0.6 is 11.8 Å². The number of aromatic nitrogens is 1. The maximum Gasteiger partial charge on any atom is 0.267 e. The number of carbonyl (C=O) groups excluding carboxylic acids is 1. The van der Waals surface area contributed by atoms with Gasteiger partial charge in [-0.15, -0.1) is 11.8 Å². The maximum absolute atomic E-state index is 12.0. The average Bonchev–Trinajstić information content (AvgIpc) is 2.90. The molecular weight excluding hydrogens is 286 g/mol. The van der Waals surface area contributed by atoms with Crippen molar-refractivity contribution in [2.24, 2.45) is 0 Å². The molecule has 2 aromatic rings. The molecular formula is C15H13N3O2S. The van der Waals surface area contributed by atoms with E-state index in [2.05, 4.69) is 10.5 Å². The summed E-state index contributed by atoms with van der Waals surface area (Å²) < 4.78 is 4.85. The van der Waals surface area contributed by atoms with E-state index in [1.807, 2.05) is 36.6 Å². The summed E-state index contributed by atoms with van der Waals surface area (Å²) in [6.45, 7) is 1.72. The van der Waals surface area contributed by atoms with Crippen molar-refractivity contribution in [1.82, 2.24) is 5.16 Å². The Labute approximate surface area is 126 Å². The monoisotopic (exact) mass is 299 g/mol. The first-order valence-corrected chi connectivity index (χ1v) is 7.35. The topological polar surface area (TPSA) is 78.9 Å². The Hall–Kier alpha value is -2.52. The Kier molecular flexibility index (Phi) is 4.80. The number of rotatable bonds is 4. The molecule has 0 aliphatic heterocycles. The standard InChI is InChI=1S/C15H13N3O2S/c1-10-7-14(18-20-10)17-15(19)12(9-16)8-11-3-5-13(21-2)6-4-11/h3-8H,1-2H3,(H,17,18,19)/b12-8-. The summed E-state index contributed by atoms with van der Waals surface area (Å²) in [7, 11) is 0. The highest BCUT2D eigenvalue weighted by molar-refractivity contribution is 7.98. The summed E-state index contributed by atoms with van der Waals surface area (Å²) >= 11 is 1.63. The van der Waals surface area contributed by atoms with Gasteiger partial charge in [-0.2, -0.15) is 5.26 Å². The van der Waals surface area contributed by atoms with Gasteiger partial charge in [0, 0.05) is 11.0 Å². The highest BCUT2D eigenvalue weighted by Crippen LogP contribution is 2.17. The Balaban J connectivity index is 2.15. The lowest BCUT2D eigenvalue weighted by Gasteiger charge is -2.00. The molecule has 2 rings (SSSR count). The number of amides is 1. The van der Waals surface area contributed by atoms with Crippen LogP contribution in [0.2, 0.25) is 0 Å². The Morgan fingerprint density at radius 3 is 2.67 bits per heavy atom. The summed E-state index contributed by atoms with van der Waals surface area (Å²) in [5.74, 6) is 0.358. The Morgan fingerprint density at radius 1 is 1.43 bits per heavy atom. The molecule has 0 spiro atoms. The minimum atomic E-state index is -0.514. The second-order valence-electron chi connectivity index (χ2n) is 4.22. The van der Waals surface area contributed by atoms with Gasteiger partial charge in [0.2, 0.25) is 0 Å². The minimum absolute atomic E-state index is 0.00699. The average molecular weight is 299 g/mol. The highest BCUT2D eigenvalue weighted by Gasteiger charge is 2.11. The van der Waals surface area contributed by atoms with E-state index in [0.29, 0.717) is 5.76 Å². The molecule has 0 aliphatic rings. The molecule has 1 aromatic heterocycles. The minimum Gasteiger partial charge on any atom is -0.360 e. The molecule has 1 N–H and O–H groups in total. The lowest BCUT2D eigenvalue weighted by molar-refractivity contribution is -0.112. The van der Waals surface area contributed by atoms with Crippen LogP contribution in [0, 0.1) is 18.3 Å². The number of anilines is 1. The van der Waals surface area contributed by atoms with Crippen molar-refractivity contribution in [2.45, 2.75) is 11.8 Å². The zero-order chi connectivity index (χ0) is 15.2. The zero-order valence-electron chi connectivity index (χ0n) is 11.6. The van der Waals surface area contributed by atoms with Gasteiger partial charge in [0.05, 0.1) is 0 Å². The molecule has 0 saturated heterocycles. The van der Waals surface area contributed by atoms with Crippen molar-refractivity contribution in [3.63, 3.8) is 0 Å². The van der Waals surface area contributed by atoms with Crippen LogP contribution < -0.4 is 5.32 Å². The number of nitrogens with zero attached hydrogens (tertiary/aromatic N) is 2. The van der Waals surface area contributed by atoms with Gasteiger partial charge in [-0.1, -0.05) is 17.3 Å². The van der Waals surface area contributed by atoms with Crippen LogP contribution in [0.1, 0.15) is 11.3 Å². The largest absolute Gasteiger partial charge is 0.360 e. The molecule has 1 heterocycles. The van der Waals surface area contributed by atoms with Gasteiger partial charge in [-0.25, -0.2) is 0 Å². The van der Waals surface area contributed by atoms with Gasteiger partial charge < -0.3 is 9.84 Å². The quantitative estimate of drug-likeness (QED) is 0.532. The van der Waals surface area contributed by atoms with Gasteiger partial charge in [0.25, 0.3) is 5.91 Å². The van der Waals surface area contributed by atoms with E-state index in [1.54, 1.807) is 24.8 Å². The second-order valence-corrected chi connectivity index (χ2v) is 5.10. The number of hydrogen-bond donors (Lipinski definition) is 1. The van der Waals surface area contributed by atoms with Crippen LogP contribution in [0.3, 0.4) is 0 Å². The smallest absolute Gasteiger partial charge is 0.267 e. The fraction of sp³-hybridized carbons (Fsp3) is 0.133. The molecule has 6 heteroatoms. The molecule has 106 valence electrons. The van der Waals surface area contributed by atoms with E-state index in [4.69, 9.17) is 9.78 Å². The lowest BCUT2D eigenvalue weighted by atomic mass is 10.1. The van der Waals surface area contributed by atoms with Crippen LogP contribution in [0.4, 0.5) is 5.82 Å². The van der Waals surface area contributed by atoms with Gasteiger partial charge in [0.1, 0.15) is 17.4 Å². The van der Waals surface area contributed by atoms with Crippen molar-refractivity contribution >= 4 is 29.6 Å². The summed E-state index contributed by atoms with van der Waals surface area (Å²) in [5, 5.41) is 15.3. The molecule has 1 amide bonds. The first-order chi connectivity index (χ1) is 10.1. The van der Waals surface area contributed by atoms with Crippen LogP contribution in [0.15, 0.2) is 45.3 Å². The lowest BCUT2D eigenvalue weighted by Crippen LogP contribution is -2.13. The van der Waals surface area contributed by atoms with E-state index < -0.39 is 5.91 Å². The first kappa shape index (κ1) is 14.9. The molecule has 0 bridgehead atoms. The Bertz CT molecular complexity index is 711. The molecule has 0 aliphatic carbocycles. The maximum atomic E-state index is 12.0. The van der Waals surface area contributed by atoms with E-state index in [-0.39, 0.29) is 11.4 Å². The van der Waals surface area contributed by atoms with Gasteiger partial charge >= 0.3 is 0 Å². The van der Waals surface area contributed by atoms with Crippen LogP contribution in [-0.4, -0.2) is 17.3 Å². The normalized spacial score (nSPS) is 11.0.